The molecule has 0 N–H and O–H groups in total. The van der Waals surface area contributed by atoms with Crippen molar-refractivity contribution in [3.63, 3.8) is 0 Å². The molecule has 0 atom stereocenters. The van der Waals surface area contributed by atoms with E-state index in [2.05, 4.69) is 37.3 Å². The van der Waals surface area contributed by atoms with Crippen molar-refractivity contribution in [2.75, 3.05) is 0 Å². The smallest absolute Gasteiger partial charge is 0.0991 e. The van der Waals surface area contributed by atoms with Crippen LogP contribution < -0.4 is 0 Å². The van der Waals surface area contributed by atoms with Gasteiger partial charge in [-0.3, -0.25) is 0 Å². The summed E-state index contributed by atoms with van der Waals surface area (Å²) in [5, 5.41) is 8.81. The molecule has 112 valence electrons. The van der Waals surface area contributed by atoms with Crippen LogP contribution >= 0.6 is 0 Å². The lowest BCUT2D eigenvalue weighted by molar-refractivity contribution is 0.296. The van der Waals surface area contributed by atoms with Crippen LogP contribution in [-0.2, 0) is 6.42 Å². The quantitative estimate of drug-likeness (QED) is 0.618. The molecule has 1 aliphatic carbocycles. The van der Waals surface area contributed by atoms with Gasteiger partial charge in [0.1, 0.15) is 0 Å². The normalized spacial score (nSPS) is 22.3. The van der Waals surface area contributed by atoms with Gasteiger partial charge in [0, 0.05) is 0 Å². The molecule has 2 rings (SSSR count). The van der Waals surface area contributed by atoms with Crippen molar-refractivity contribution in [3.05, 3.63) is 47.5 Å². The summed E-state index contributed by atoms with van der Waals surface area (Å²) in [6.45, 7) is 2.24. The molecule has 0 spiro atoms. The molecule has 1 fully saturated rings. The Labute approximate surface area is 129 Å². The van der Waals surface area contributed by atoms with Gasteiger partial charge in [-0.05, 0) is 74.5 Å². The third-order valence-electron chi connectivity index (χ3n) is 4.68. The van der Waals surface area contributed by atoms with Crippen molar-refractivity contribution in [3.8, 4) is 6.07 Å². The average molecular weight is 281 g/mol. The van der Waals surface area contributed by atoms with Gasteiger partial charge < -0.3 is 0 Å². The topological polar surface area (TPSA) is 23.8 Å². The predicted octanol–water partition coefficient (Wildman–Crippen LogP) is 5.65. The Morgan fingerprint density at radius 2 is 1.86 bits per heavy atom. The van der Waals surface area contributed by atoms with Crippen LogP contribution in [-0.4, -0.2) is 0 Å². The number of allylic oxidation sites excluding steroid dienone is 2. The Morgan fingerprint density at radius 1 is 1.14 bits per heavy atom. The third-order valence-corrected chi connectivity index (χ3v) is 4.68. The van der Waals surface area contributed by atoms with Crippen LogP contribution in [0, 0.1) is 23.2 Å². The summed E-state index contributed by atoms with van der Waals surface area (Å²) >= 11 is 0. The fraction of sp³-hybridized carbons (Fsp3) is 0.550. The number of benzene rings is 1. The van der Waals surface area contributed by atoms with Gasteiger partial charge >= 0.3 is 0 Å². The number of rotatable bonds is 6. The van der Waals surface area contributed by atoms with Crippen molar-refractivity contribution < 1.29 is 0 Å². The monoisotopic (exact) mass is 281 g/mol. The van der Waals surface area contributed by atoms with Crippen molar-refractivity contribution in [2.45, 2.75) is 58.3 Å². The van der Waals surface area contributed by atoms with Gasteiger partial charge in [-0.2, -0.15) is 5.26 Å². The van der Waals surface area contributed by atoms with Crippen LogP contribution in [0.1, 0.15) is 63.0 Å². The summed E-state index contributed by atoms with van der Waals surface area (Å²) in [7, 11) is 0. The summed E-state index contributed by atoms with van der Waals surface area (Å²) in [6, 6.07) is 10.3. The van der Waals surface area contributed by atoms with Crippen LogP contribution in [0.5, 0.6) is 0 Å². The number of hydrogen-bond donors (Lipinski definition) is 0. The van der Waals surface area contributed by atoms with E-state index in [1.165, 1.54) is 50.5 Å². The van der Waals surface area contributed by atoms with E-state index >= 15 is 0 Å². The maximum Gasteiger partial charge on any atom is 0.0991 e. The van der Waals surface area contributed by atoms with Crippen LogP contribution in [0.2, 0.25) is 0 Å². The fourth-order valence-corrected chi connectivity index (χ4v) is 3.24. The molecule has 0 saturated heterocycles. The maximum absolute atomic E-state index is 8.81. The minimum absolute atomic E-state index is 0.762. The van der Waals surface area contributed by atoms with Gasteiger partial charge in [-0.1, -0.05) is 37.6 Å². The predicted molar refractivity (Wildman–Crippen MR) is 89.0 cm³/mol. The molecule has 1 saturated carbocycles. The van der Waals surface area contributed by atoms with Crippen LogP contribution in [0.3, 0.4) is 0 Å². The zero-order valence-electron chi connectivity index (χ0n) is 13.2. The summed E-state index contributed by atoms with van der Waals surface area (Å²) < 4.78 is 0. The molecule has 0 bridgehead atoms. The highest BCUT2D eigenvalue weighted by atomic mass is 14.2. The van der Waals surface area contributed by atoms with Crippen LogP contribution in [0.25, 0.3) is 0 Å². The Kier molecular flexibility index (Phi) is 6.54. The second kappa shape index (κ2) is 8.67. The largest absolute Gasteiger partial charge is 0.192 e. The minimum Gasteiger partial charge on any atom is -0.192 e. The second-order valence-corrected chi connectivity index (χ2v) is 6.35. The Hall–Kier alpha value is -1.55. The van der Waals surface area contributed by atoms with E-state index in [0.29, 0.717) is 0 Å². The van der Waals surface area contributed by atoms with E-state index in [-0.39, 0.29) is 0 Å². The van der Waals surface area contributed by atoms with E-state index in [9.17, 15) is 0 Å². The molecule has 0 radical (unpaired) electrons. The van der Waals surface area contributed by atoms with E-state index in [0.717, 1.165) is 23.8 Å². The Morgan fingerprint density at radius 3 is 2.48 bits per heavy atom. The average Bonchev–Trinajstić information content (AvgIpc) is 2.55. The summed E-state index contributed by atoms with van der Waals surface area (Å²) in [4.78, 5) is 0. The summed E-state index contributed by atoms with van der Waals surface area (Å²) in [5.74, 6) is 1.74. The van der Waals surface area contributed by atoms with Crippen LogP contribution in [0.15, 0.2) is 36.4 Å². The van der Waals surface area contributed by atoms with E-state index < -0.39 is 0 Å². The van der Waals surface area contributed by atoms with Gasteiger partial charge in [0.2, 0.25) is 0 Å². The molecule has 1 aliphatic rings. The van der Waals surface area contributed by atoms with Crippen molar-refractivity contribution in [2.24, 2.45) is 11.8 Å². The first-order valence-corrected chi connectivity index (χ1v) is 8.47. The van der Waals surface area contributed by atoms with Crippen LogP contribution in [0.4, 0.5) is 0 Å². The van der Waals surface area contributed by atoms with Crippen molar-refractivity contribution >= 4 is 0 Å². The molecule has 1 aromatic rings. The first-order valence-electron chi connectivity index (χ1n) is 8.47. The number of hydrogen-bond acceptors (Lipinski definition) is 1. The van der Waals surface area contributed by atoms with E-state index in [1.54, 1.807) is 0 Å². The van der Waals surface area contributed by atoms with Crippen molar-refractivity contribution in [1.29, 1.82) is 5.26 Å². The Balaban J connectivity index is 1.70. The molecule has 0 aromatic heterocycles. The summed E-state index contributed by atoms with van der Waals surface area (Å²) in [6.07, 6.45) is 15.3. The molecule has 1 heteroatoms. The molecule has 0 unspecified atom stereocenters. The third kappa shape index (κ3) is 5.38. The molecule has 0 aliphatic heterocycles. The number of nitrogens with zero attached hydrogens (tertiary/aromatic N) is 1. The molecule has 21 heavy (non-hydrogen) atoms. The molecular formula is C20H27N. The standard InChI is InChI=1S/C20H27N/c1-2-3-4-5-17-6-8-18(9-7-17)10-11-19-12-14-20(16-21)15-13-19/h4-5,12-15,17-18H,2-3,6-11H2,1H3/t17-,18-. The lowest BCUT2D eigenvalue weighted by Gasteiger charge is -2.26. The SMILES string of the molecule is CCCC=C[C@H]1CC[C@H](CCc2ccc(C#N)cc2)CC1. The molecule has 1 nitrogen and oxygen atoms in total. The molecule has 1 aromatic carbocycles. The number of nitriles is 1. The van der Waals surface area contributed by atoms with Crippen molar-refractivity contribution in [1.82, 2.24) is 0 Å². The second-order valence-electron chi connectivity index (χ2n) is 6.35. The zero-order chi connectivity index (χ0) is 14.9. The molecule has 0 amide bonds. The van der Waals surface area contributed by atoms with Gasteiger partial charge in [0.15, 0.2) is 0 Å². The lowest BCUT2D eigenvalue weighted by Crippen LogP contribution is -2.13. The Bertz CT molecular complexity index is 470. The first-order chi connectivity index (χ1) is 10.3. The number of aryl methyl sites for hydroxylation is 1. The molecular weight excluding hydrogens is 254 g/mol. The maximum atomic E-state index is 8.81. The van der Waals surface area contributed by atoms with Gasteiger partial charge in [0.25, 0.3) is 0 Å². The number of unbranched alkanes of at least 4 members (excludes halogenated alkanes) is 1. The minimum atomic E-state index is 0.762. The first kappa shape index (κ1) is 15.8. The molecule has 0 heterocycles. The van der Waals surface area contributed by atoms with E-state index in [4.69, 9.17) is 5.26 Å². The van der Waals surface area contributed by atoms with Gasteiger partial charge in [-0.25, -0.2) is 0 Å². The highest BCUT2D eigenvalue weighted by Gasteiger charge is 2.19. The fourth-order valence-electron chi connectivity index (χ4n) is 3.24. The highest BCUT2D eigenvalue weighted by Crippen LogP contribution is 2.32. The van der Waals surface area contributed by atoms with E-state index in [1.807, 2.05) is 12.1 Å². The highest BCUT2D eigenvalue weighted by molar-refractivity contribution is 5.31. The van der Waals surface area contributed by atoms with Gasteiger partial charge in [0.05, 0.1) is 11.6 Å². The zero-order valence-corrected chi connectivity index (χ0v) is 13.2. The lowest BCUT2D eigenvalue weighted by atomic mass is 9.79. The van der Waals surface area contributed by atoms with Gasteiger partial charge in [-0.15, -0.1) is 0 Å². The summed E-state index contributed by atoms with van der Waals surface area (Å²) in [5.41, 5.74) is 2.14.